The summed E-state index contributed by atoms with van der Waals surface area (Å²) in [5, 5.41) is 3.48. The molecule has 0 aliphatic heterocycles. The summed E-state index contributed by atoms with van der Waals surface area (Å²) < 4.78 is 0. The second-order valence-electron chi connectivity index (χ2n) is 4.11. The average Bonchev–Trinajstić information content (AvgIpc) is 2.18. The van der Waals surface area contributed by atoms with Crippen LogP contribution in [-0.2, 0) is 0 Å². The van der Waals surface area contributed by atoms with E-state index < -0.39 is 0 Å². The molecule has 1 aromatic carbocycles. The molecule has 0 heterocycles. The third-order valence-electron chi connectivity index (χ3n) is 2.50. The largest absolute Gasteiger partial charge is 0.307 e. The van der Waals surface area contributed by atoms with Gasteiger partial charge in [-0.3, -0.25) is 0 Å². The molecular formula is C14H19N. The molecule has 80 valence electrons. The number of nitrogens with one attached hydrogen (secondary N) is 1. The molecule has 0 radical (unpaired) electrons. The lowest BCUT2D eigenvalue weighted by atomic mass is 10.0. The number of terminal acetylenes is 1. The molecule has 0 aliphatic rings. The Kier molecular flexibility index (Phi) is 4.39. The molecule has 1 nitrogen and oxygen atoms in total. The number of hydrogen-bond acceptors (Lipinski definition) is 1. The number of benzene rings is 1. The van der Waals surface area contributed by atoms with Crippen LogP contribution < -0.4 is 5.32 Å². The highest BCUT2D eigenvalue weighted by atomic mass is 14.9. The van der Waals surface area contributed by atoms with Crippen LogP contribution in [0.5, 0.6) is 0 Å². The highest BCUT2D eigenvalue weighted by Crippen LogP contribution is 2.14. The summed E-state index contributed by atoms with van der Waals surface area (Å²) in [5.74, 6) is 2.67. The first-order chi connectivity index (χ1) is 7.13. The van der Waals surface area contributed by atoms with Gasteiger partial charge in [-0.25, -0.2) is 0 Å². The van der Waals surface area contributed by atoms with E-state index in [0.717, 1.165) is 6.42 Å². The van der Waals surface area contributed by atoms with E-state index in [4.69, 9.17) is 6.42 Å². The van der Waals surface area contributed by atoms with E-state index in [0.29, 0.717) is 12.1 Å². The Morgan fingerprint density at radius 1 is 1.40 bits per heavy atom. The molecule has 2 unspecified atom stereocenters. The average molecular weight is 201 g/mol. The molecule has 0 aliphatic carbocycles. The van der Waals surface area contributed by atoms with Gasteiger partial charge in [0.25, 0.3) is 0 Å². The van der Waals surface area contributed by atoms with E-state index in [9.17, 15) is 0 Å². The second-order valence-corrected chi connectivity index (χ2v) is 4.11. The normalized spacial score (nSPS) is 14.3. The lowest BCUT2D eigenvalue weighted by Crippen LogP contribution is -2.28. The Morgan fingerprint density at radius 2 is 2.13 bits per heavy atom. The third-order valence-corrected chi connectivity index (χ3v) is 2.50. The van der Waals surface area contributed by atoms with E-state index in [1.54, 1.807) is 0 Å². The standard InChI is InChI=1S/C14H19N/c1-5-7-12(3)15-13(4)14-9-6-8-11(2)10-14/h1,6,8-10,12-13,15H,7H2,2-4H3. The fraction of sp³-hybridized carbons (Fsp3) is 0.429. The van der Waals surface area contributed by atoms with Crippen LogP contribution in [0.4, 0.5) is 0 Å². The molecule has 0 fully saturated rings. The zero-order valence-corrected chi connectivity index (χ0v) is 9.75. The van der Waals surface area contributed by atoms with Gasteiger partial charge in [0.1, 0.15) is 0 Å². The topological polar surface area (TPSA) is 12.0 Å². The monoisotopic (exact) mass is 201 g/mol. The first-order valence-electron chi connectivity index (χ1n) is 5.39. The number of aryl methyl sites for hydroxylation is 1. The molecule has 0 amide bonds. The molecule has 0 spiro atoms. The van der Waals surface area contributed by atoms with Gasteiger partial charge < -0.3 is 5.32 Å². The lowest BCUT2D eigenvalue weighted by molar-refractivity contribution is 0.486. The van der Waals surface area contributed by atoms with Crippen LogP contribution in [0.15, 0.2) is 24.3 Å². The van der Waals surface area contributed by atoms with Gasteiger partial charge >= 0.3 is 0 Å². The summed E-state index contributed by atoms with van der Waals surface area (Å²) in [6.45, 7) is 6.40. The Hall–Kier alpha value is -1.26. The Labute approximate surface area is 92.9 Å². The smallest absolute Gasteiger partial charge is 0.0294 e. The van der Waals surface area contributed by atoms with Gasteiger partial charge in [0, 0.05) is 18.5 Å². The van der Waals surface area contributed by atoms with Crippen molar-refractivity contribution in [2.24, 2.45) is 0 Å². The van der Waals surface area contributed by atoms with Crippen molar-refractivity contribution in [2.45, 2.75) is 39.3 Å². The minimum absolute atomic E-state index is 0.355. The molecular weight excluding hydrogens is 182 g/mol. The minimum Gasteiger partial charge on any atom is -0.307 e. The van der Waals surface area contributed by atoms with Gasteiger partial charge in [-0.1, -0.05) is 29.8 Å². The molecule has 0 saturated carbocycles. The maximum absolute atomic E-state index is 5.28. The SMILES string of the molecule is C#CCC(C)NC(C)c1cccc(C)c1. The first-order valence-corrected chi connectivity index (χ1v) is 5.39. The minimum atomic E-state index is 0.355. The Balaban J connectivity index is 2.61. The van der Waals surface area contributed by atoms with Crippen LogP contribution in [0, 0.1) is 19.3 Å². The molecule has 0 saturated heterocycles. The van der Waals surface area contributed by atoms with Crippen LogP contribution >= 0.6 is 0 Å². The fourth-order valence-electron chi connectivity index (χ4n) is 1.70. The van der Waals surface area contributed by atoms with Gasteiger partial charge in [-0.15, -0.1) is 12.3 Å². The number of rotatable bonds is 4. The quantitative estimate of drug-likeness (QED) is 0.738. The molecule has 1 N–H and O–H groups in total. The highest BCUT2D eigenvalue weighted by molar-refractivity contribution is 5.24. The zero-order chi connectivity index (χ0) is 11.3. The predicted molar refractivity (Wildman–Crippen MR) is 65.6 cm³/mol. The fourth-order valence-corrected chi connectivity index (χ4v) is 1.70. The van der Waals surface area contributed by atoms with Crippen LogP contribution in [0.25, 0.3) is 0 Å². The van der Waals surface area contributed by atoms with Crippen molar-refractivity contribution in [2.75, 3.05) is 0 Å². The van der Waals surface area contributed by atoms with Crippen LogP contribution in [0.2, 0.25) is 0 Å². The summed E-state index contributed by atoms with van der Waals surface area (Å²) in [6.07, 6.45) is 6.05. The predicted octanol–water partition coefficient (Wildman–Crippen LogP) is 3.06. The first kappa shape index (κ1) is 11.8. The molecule has 0 bridgehead atoms. The van der Waals surface area contributed by atoms with E-state index >= 15 is 0 Å². The summed E-state index contributed by atoms with van der Waals surface area (Å²) in [5.41, 5.74) is 2.62. The summed E-state index contributed by atoms with van der Waals surface area (Å²) in [7, 11) is 0. The second kappa shape index (κ2) is 5.58. The molecule has 1 heteroatoms. The number of hydrogen-bond donors (Lipinski definition) is 1. The zero-order valence-electron chi connectivity index (χ0n) is 9.75. The third kappa shape index (κ3) is 3.77. The lowest BCUT2D eigenvalue weighted by Gasteiger charge is -2.19. The van der Waals surface area contributed by atoms with Crippen molar-refractivity contribution in [3.63, 3.8) is 0 Å². The van der Waals surface area contributed by atoms with Crippen LogP contribution in [0.3, 0.4) is 0 Å². The van der Waals surface area contributed by atoms with Crippen LogP contribution in [0.1, 0.15) is 37.4 Å². The van der Waals surface area contributed by atoms with Crippen molar-refractivity contribution in [3.05, 3.63) is 35.4 Å². The molecule has 1 rings (SSSR count). The molecule has 2 atom stereocenters. The Bertz CT molecular complexity index is 349. The summed E-state index contributed by atoms with van der Waals surface area (Å²) in [4.78, 5) is 0. The van der Waals surface area contributed by atoms with Crippen LogP contribution in [-0.4, -0.2) is 6.04 Å². The van der Waals surface area contributed by atoms with E-state index in [-0.39, 0.29) is 0 Å². The van der Waals surface area contributed by atoms with Crippen molar-refractivity contribution in [3.8, 4) is 12.3 Å². The molecule has 1 aromatic rings. The van der Waals surface area contributed by atoms with Gasteiger partial charge in [-0.2, -0.15) is 0 Å². The van der Waals surface area contributed by atoms with E-state index in [2.05, 4.69) is 56.3 Å². The maximum atomic E-state index is 5.28. The van der Waals surface area contributed by atoms with Gasteiger partial charge in [0.05, 0.1) is 0 Å². The van der Waals surface area contributed by atoms with Crippen molar-refractivity contribution in [1.29, 1.82) is 0 Å². The van der Waals surface area contributed by atoms with Gasteiger partial charge in [0.2, 0.25) is 0 Å². The van der Waals surface area contributed by atoms with E-state index in [1.165, 1.54) is 11.1 Å². The van der Waals surface area contributed by atoms with Gasteiger partial charge in [-0.05, 0) is 26.3 Å². The summed E-state index contributed by atoms with van der Waals surface area (Å²) in [6, 6.07) is 9.28. The maximum Gasteiger partial charge on any atom is 0.0294 e. The van der Waals surface area contributed by atoms with Gasteiger partial charge in [0.15, 0.2) is 0 Å². The molecule has 15 heavy (non-hydrogen) atoms. The highest BCUT2D eigenvalue weighted by Gasteiger charge is 2.08. The van der Waals surface area contributed by atoms with Crippen molar-refractivity contribution < 1.29 is 0 Å². The van der Waals surface area contributed by atoms with E-state index in [1.807, 2.05) is 0 Å². The summed E-state index contributed by atoms with van der Waals surface area (Å²) >= 11 is 0. The Morgan fingerprint density at radius 3 is 2.73 bits per heavy atom. The van der Waals surface area contributed by atoms with Crippen molar-refractivity contribution in [1.82, 2.24) is 5.32 Å². The van der Waals surface area contributed by atoms with Crippen molar-refractivity contribution >= 4 is 0 Å². The molecule has 0 aromatic heterocycles.